The van der Waals surface area contributed by atoms with Gasteiger partial charge in [-0.05, 0) is 29.5 Å². The first-order valence-corrected chi connectivity index (χ1v) is 8.94. The van der Waals surface area contributed by atoms with Crippen molar-refractivity contribution in [2.24, 2.45) is 0 Å². The van der Waals surface area contributed by atoms with Crippen LogP contribution in [0, 0.1) is 0 Å². The Balaban J connectivity index is 2.31. The quantitative estimate of drug-likeness (QED) is 0.638. The maximum Gasteiger partial charge on any atom is 0.214 e. The zero-order valence-electron chi connectivity index (χ0n) is 14.9. The summed E-state index contributed by atoms with van der Waals surface area (Å²) in [4.78, 5) is 0. The summed E-state index contributed by atoms with van der Waals surface area (Å²) in [6.45, 7) is 13.6. The smallest absolute Gasteiger partial charge is 0.189 e. The predicted molar refractivity (Wildman–Crippen MR) is 98.4 cm³/mol. The zero-order valence-corrected chi connectivity index (χ0v) is 14.9. The lowest BCUT2D eigenvalue weighted by Crippen LogP contribution is -2.59. The van der Waals surface area contributed by atoms with E-state index in [1.54, 1.807) is 0 Å². The molecule has 1 unspecified atom stereocenters. The molecule has 3 rings (SSSR count). The van der Waals surface area contributed by atoms with E-state index in [2.05, 4.69) is 81.4 Å². The number of rotatable bonds is 4. The maximum absolute atomic E-state index is 4.50. The van der Waals surface area contributed by atoms with Gasteiger partial charge < -0.3 is 0 Å². The fraction of sp³-hybridized carbons (Fsp3) is 0.409. The topological polar surface area (TPSA) is 3.88 Å². The summed E-state index contributed by atoms with van der Waals surface area (Å²) in [7, 11) is 0. The Bertz CT molecular complexity index is 737. The molecule has 0 N–H and O–H groups in total. The van der Waals surface area contributed by atoms with Crippen LogP contribution in [0.25, 0.3) is 16.8 Å². The summed E-state index contributed by atoms with van der Waals surface area (Å²) < 4.78 is 2.48. The van der Waals surface area contributed by atoms with Crippen LogP contribution < -0.4 is 4.57 Å². The molecule has 0 radical (unpaired) electrons. The predicted octanol–water partition coefficient (Wildman–Crippen LogP) is 5.70. The molecule has 0 bridgehead atoms. The average Bonchev–Trinajstić information content (AvgIpc) is 2.62. The average molecular weight is 306 g/mol. The minimum absolute atomic E-state index is 0.00231. The van der Waals surface area contributed by atoms with Crippen LogP contribution in [-0.2, 0) is 5.54 Å². The lowest BCUT2D eigenvalue weighted by Gasteiger charge is -2.35. The second kappa shape index (κ2) is 5.96. The first kappa shape index (κ1) is 16.0. The lowest BCUT2D eigenvalue weighted by atomic mass is 9.75. The van der Waals surface area contributed by atoms with Crippen molar-refractivity contribution in [2.45, 2.75) is 58.4 Å². The molecule has 1 atom stereocenters. The van der Waals surface area contributed by atoms with Crippen molar-refractivity contribution in [3.63, 3.8) is 0 Å². The van der Waals surface area contributed by atoms with Gasteiger partial charge in [0.25, 0.3) is 0 Å². The molecule has 1 heteroatoms. The van der Waals surface area contributed by atoms with Gasteiger partial charge in [-0.2, -0.15) is 4.57 Å². The highest BCUT2D eigenvalue weighted by molar-refractivity contribution is 5.82. The van der Waals surface area contributed by atoms with E-state index >= 15 is 0 Å². The number of hydrogen-bond donors (Lipinski definition) is 0. The number of aromatic nitrogens is 1. The molecule has 0 fully saturated rings. The first-order valence-electron chi connectivity index (χ1n) is 8.94. The number of fused-ring (bicyclic) bond motifs is 3. The molecule has 0 spiro atoms. The Morgan fingerprint density at radius 1 is 1.04 bits per heavy atom. The van der Waals surface area contributed by atoms with E-state index in [-0.39, 0.29) is 5.54 Å². The molecule has 0 saturated heterocycles. The van der Waals surface area contributed by atoms with Crippen LogP contribution in [0.3, 0.4) is 0 Å². The van der Waals surface area contributed by atoms with Gasteiger partial charge >= 0.3 is 0 Å². The largest absolute Gasteiger partial charge is 0.214 e. The number of pyridine rings is 1. The van der Waals surface area contributed by atoms with Crippen LogP contribution in [0.15, 0.2) is 49.2 Å². The van der Waals surface area contributed by atoms with Crippen LogP contribution in [0.2, 0.25) is 0 Å². The summed E-state index contributed by atoms with van der Waals surface area (Å²) in [6.07, 6.45) is 5.60. The molecule has 0 saturated carbocycles. The molecule has 1 aliphatic rings. The Labute approximate surface area is 140 Å². The van der Waals surface area contributed by atoms with Gasteiger partial charge in [0, 0.05) is 30.5 Å². The Morgan fingerprint density at radius 2 is 1.70 bits per heavy atom. The summed E-state index contributed by atoms with van der Waals surface area (Å²) in [5.74, 6) is 0.593. The Morgan fingerprint density at radius 3 is 2.30 bits per heavy atom. The van der Waals surface area contributed by atoms with Crippen LogP contribution >= 0.6 is 0 Å². The summed E-state index contributed by atoms with van der Waals surface area (Å²) in [5, 5.41) is 0. The Hall–Kier alpha value is -1.89. The molecule has 23 heavy (non-hydrogen) atoms. The molecule has 1 aliphatic heterocycles. The second-order valence-corrected chi connectivity index (χ2v) is 6.79. The van der Waals surface area contributed by atoms with Crippen LogP contribution in [0.4, 0.5) is 0 Å². The van der Waals surface area contributed by atoms with Crippen LogP contribution in [0.5, 0.6) is 0 Å². The molecule has 1 aromatic heterocycles. The zero-order chi connectivity index (χ0) is 16.6. The molecular weight excluding hydrogens is 278 g/mol. The third kappa shape index (κ3) is 2.25. The second-order valence-electron chi connectivity index (χ2n) is 6.79. The van der Waals surface area contributed by atoms with E-state index in [1.165, 1.54) is 34.4 Å². The van der Waals surface area contributed by atoms with Crippen molar-refractivity contribution in [1.82, 2.24) is 0 Å². The molecule has 1 nitrogen and oxygen atoms in total. The first-order chi connectivity index (χ1) is 11.1. The normalized spacial score (nSPS) is 16.6. The molecule has 120 valence electrons. The monoisotopic (exact) mass is 306 g/mol. The van der Waals surface area contributed by atoms with Crippen molar-refractivity contribution in [1.29, 1.82) is 0 Å². The molecule has 2 heterocycles. The van der Waals surface area contributed by atoms with E-state index in [0.29, 0.717) is 5.92 Å². The van der Waals surface area contributed by atoms with Gasteiger partial charge in [0.2, 0.25) is 5.69 Å². The van der Waals surface area contributed by atoms with E-state index in [0.717, 1.165) is 12.8 Å². The maximum atomic E-state index is 4.50. The SMILES string of the molecule is C=C1c2ccccc2-c2cc(C(C)CC)cc[n+]2C1(CC)CC. The molecule has 1 aromatic carbocycles. The molecular formula is C22H28N+. The van der Waals surface area contributed by atoms with Crippen molar-refractivity contribution in [3.05, 3.63) is 60.3 Å². The highest BCUT2D eigenvalue weighted by atomic mass is 15.1. The van der Waals surface area contributed by atoms with Gasteiger partial charge in [0.1, 0.15) is 0 Å². The number of allylic oxidation sites excluding steroid dienone is 1. The van der Waals surface area contributed by atoms with Gasteiger partial charge in [-0.25, -0.2) is 0 Å². The van der Waals surface area contributed by atoms with E-state index < -0.39 is 0 Å². The standard InChI is InChI=1S/C22H28N/c1-6-16(4)18-13-14-23-21(15-18)20-12-10-9-11-19(20)17(5)22(23,7-2)8-3/h9-16H,5-8H2,1-4H3/q+1. The minimum Gasteiger partial charge on any atom is -0.189 e. The fourth-order valence-corrected chi connectivity index (χ4v) is 4.02. The van der Waals surface area contributed by atoms with Crippen LogP contribution in [-0.4, -0.2) is 0 Å². The van der Waals surface area contributed by atoms with Gasteiger partial charge in [0.05, 0.1) is 5.56 Å². The summed E-state index contributed by atoms with van der Waals surface area (Å²) in [5.41, 5.74) is 6.67. The van der Waals surface area contributed by atoms with E-state index in [9.17, 15) is 0 Å². The fourth-order valence-electron chi connectivity index (χ4n) is 4.02. The van der Waals surface area contributed by atoms with E-state index in [4.69, 9.17) is 0 Å². The molecule has 0 amide bonds. The van der Waals surface area contributed by atoms with Gasteiger partial charge in [-0.1, -0.05) is 52.5 Å². The summed E-state index contributed by atoms with van der Waals surface area (Å²) >= 11 is 0. The third-order valence-electron chi connectivity index (χ3n) is 5.88. The van der Waals surface area contributed by atoms with Crippen molar-refractivity contribution in [2.75, 3.05) is 0 Å². The highest BCUT2D eigenvalue weighted by Gasteiger charge is 2.46. The number of nitrogens with zero attached hydrogens (tertiary/aromatic N) is 1. The van der Waals surface area contributed by atoms with E-state index in [1.807, 2.05) is 0 Å². The van der Waals surface area contributed by atoms with Crippen LogP contribution in [0.1, 0.15) is 64.0 Å². The lowest BCUT2D eigenvalue weighted by molar-refractivity contribution is -0.741. The number of benzene rings is 1. The highest BCUT2D eigenvalue weighted by Crippen LogP contribution is 2.43. The van der Waals surface area contributed by atoms with Gasteiger partial charge in [-0.3, -0.25) is 0 Å². The van der Waals surface area contributed by atoms with Crippen molar-refractivity contribution < 1.29 is 4.57 Å². The molecule has 0 aliphatic carbocycles. The summed E-state index contributed by atoms with van der Waals surface area (Å²) in [6, 6.07) is 13.4. The minimum atomic E-state index is -0.00231. The van der Waals surface area contributed by atoms with Gasteiger partial charge in [0.15, 0.2) is 11.7 Å². The van der Waals surface area contributed by atoms with Gasteiger partial charge in [-0.15, -0.1) is 0 Å². The Kier molecular flexibility index (Phi) is 4.14. The third-order valence-corrected chi connectivity index (χ3v) is 5.88. The van der Waals surface area contributed by atoms with Crippen molar-refractivity contribution in [3.8, 4) is 11.3 Å². The molecule has 2 aromatic rings. The number of hydrogen-bond acceptors (Lipinski definition) is 0. The van der Waals surface area contributed by atoms with Crippen molar-refractivity contribution >= 4 is 5.57 Å².